The van der Waals surface area contributed by atoms with Crippen molar-refractivity contribution in [1.29, 1.82) is 0 Å². The molecule has 0 fully saturated rings. The van der Waals surface area contributed by atoms with Gasteiger partial charge in [-0.3, -0.25) is 15.1 Å². The third-order valence-electron chi connectivity index (χ3n) is 3.13. The van der Waals surface area contributed by atoms with Crippen LogP contribution in [0, 0.1) is 5.82 Å². The second-order valence-corrected chi connectivity index (χ2v) is 6.50. The Morgan fingerprint density at radius 1 is 1.33 bits per heavy atom. The number of nitrogens with one attached hydrogen (secondary N) is 1. The molecule has 5 nitrogen and oxygen atoms in total. The van der Waals surface area contributed by atoms with Gasteiger partial charge in [-0.05, 0) is 40.2 Å². The average molecular weight is 408 g/mol. The van der Waals surface area contributed by atoms with Crippen molar-refractivity contribution in [2.45, 2.75) is 0 Å². The normalized spacial score (nSPS) is 10.5. The minimum atomic E-state index is -0.385. The Morgan fingerprint density at radius 2 is 2.17 bits per heavy atom. The number of anilines is 1. The van der Waals surface area contributed by atoms with Gasteiger partial charge in [-0.15, -0.1) is 11.3 Å². The van der Waals surface area contributed by atoms with Gasteiger partial charge in [0, 0.05) is 27.8 Å². The van der Waals surface area contributed by atoms with Crippen LogP contribution >= 0.6 is 27.3 Å². The van der Waals surface area contributed by atoms with Gasteiger partial charge in [0.1, 0.15) is 11.6 Å². The Balaban J connectivity index is 1.84. The highest BCUT2D eigenvalue weighted by Crippen LogP contribution is 2.32. The summed E-state index contributed by atoms with van der Waals surface area (Å²) in [6.07, 6.45) is 3.05. The van der Waals surface area contributed by atoms with E-state index in [1.54, 1.807) is 17.6 Å². The maximum atomic E-state index is 13.5. The van der Waals surface area contributed by atoms with Crippen LogP contribution < -0.4 is 10.1 Å². The molecule has 1 aromatic carbocycles. The van der Waals surface area contributed by atoms with Gasteiger partial charge in [0.15, 0.2) is 5.13 Å². The van der Waals surface area contributed by atoms with Gasteiger partial charge in [-0.1, -0.05) is 0 Å². The van der Waals surface area contributed by atoms with Crippen molar-refractivity contribution >= 4 is 38.3 Å². The number of benzene rings is 1. The van der Waals surface area contributed by atoms with Crippen LogP contribution in [0.4, 0.5) is 9.52 Å². The van der Waals surface area contributed by atoms with E-state index in [2.05, 4.69) is 31.2 Å². The number of hydrogen-bond acceptors (Lipinski definition) is 5. The maximum absolute atomic E-state index is 13.5. The Labute approximate surface area is 149 Å². The van der Waals surface area contributed by atoms with E-state index in [1.165, 1.54) is 42.8 Å². The van der Waals surface area contributed by atoms with E-state index in [0.717, 1.165) is 0 Å². The van der Waals surface area contributed by atoms with E-state index in [4.69, 9.17) is 4.74 Å². The molecule has 2 heterocycles. The van der Waals surface area contributed by atoms with Crippen LogP contribution in [0.1, 0.15) is 10.4 Å². The minimum Gasteiger partial charge on any atom is -0.496 e. The molecular weight excluding hydrogens is 397 g/mol. The first-order valence-corrected chi connectivity index (χ1v) is 8.45. The first-order valence-electron chi connectivity index (χ1n) is 6.78. The smallest absolute Gasteiger partial charge is 0.259 e. The van der Waals surface area contributed by atoms with Gasteiger partial charge in [-0.2, -0.15) is 0 Å². The Bertz CT molecular complexity index is 901. The van der Waals surface area contributed by atoms with Crippen LogP contribution in [0.5, 0.6) is 5.75 Å². The molecule has 1 N–H and O–H groups in total. The molecule has 0 atom stereocenters. The molecule has 3 rings (SSSR count). The largest absolute Gasteiger partial charge is 0.496 e. The van der Waals surface area contributed by atoms with E-state index < -0.39 is 0 Å². The molecule has 8 heteroatoms. The SMILES string of the molecule is COc1ccc(F)cc1-c1csc(NC(=O)c2cncc(Br)c2)n1. The van der Waals surface area contributed by atoms with E-state index in [9.17, 15) is 9.18 Å². The zero-order valence-electron chi connectivity index (χ0n) is 12.4. The van der Waals surface area contributed by atoms with Crippen LogP contribution in [0.2, 0.25) is 0 Å². The summed E-state index contributed by atoms with van der Waals surface area (Å²) >= 11 is 4.51. The number of rotatable bonds is 4. The second kappa shape index (κ2) is 7.06. The van der Waals surface area contributed by atoms with Crippen molar-refractivity contribution < 1.29 is 13.9 Å². The van der Waals surface area contributed by atoms with E-state index in [0.29, 0.717) is 32.2 Å². The summed E-state index contributed by atoms with van der Waals surface area (Å²) in [6, 6.07) is 5.86. The number of aromatic nitrogens is 2. The van der Waals surface area contributed by atoms with Crippen molar-refractivity contribution in [3.63, 3.8) is 0 Å². The molecular formula is C16H11BrFN3O2S. The van der Waals surface area contributed by atoms with Crippen molar-refractivity contribution in [2.75, 3.05) is 12.4 Å². The Morgan fingerprint density at radius 3 is 2.92 bits per heavy atom. The first kappa shape index (κ1) is 16.5. The fourth-order valence-corrected chi connectivity index (χ4v) is 3.11. The number of methoxy groups -OCH3 is 1. The molecule has 0 aliphatic carbocycles. The van der Waals surface area contributed by atoms with Crippen molar-refractivity contribution in [2.24, 2.45) is 0 Å². The van der Waals surface area contributed by atoms with Crippen molar-refractivity contribution in [3.8, 4) is 17.0 Å². The van der Waals surface area contributed by atoms with E-state index in [-0.39, 0.29) is 11.7 Å². The van der Waals surface area contributed by atoms with Gasteiger partial charge < -0.3 is 4.74 Å². The van der Waals surface area contributed by atoms with Gasteiger partial charge >= 0.3 is 0 Å². The highest BCUT2D eigenvalue weighted by Gasteiger charge is 2.14. The molecule has 0 bridgehead atoms. The average Bonchev–Trinajstić information content (AvgIpc) is 3.03. The predicted molar refractivity (Wildman–Crippen MR) is 94.0 cm³/mol. The summed E-state index contributed by atoms with van der Waals surface area (Å²) < 4.78 is 19.4. The molecule has 0 saturated carbocycles. The summed E-state index contributed by atoms with van der Waals surface area (Å²) in [7, 11) is 1.51. The number of pyridine rings is 1. The summed E-state index contributed by atoms with van der Waals surface area (Å²) in [5.41, 5.74) is 1.46. The van der Waals surface area contributed by atoms with Crippen LogP contribution in [0.3, 0.4) is 0 Å². The number of nitrogens with zero attached hydrogens (tertiary/aromatic N) is 2. The van der Waals surface area contributed by atoms with Gasteiger partial charge in [0.05, 0.1) is 18.4 Å². The Kier molecular flexibility index (Phi) is 4.86. The number of halogens is 2. The molecule has 0 unspecified atom stereocenters. The lowest BCUT2D eigenvalue weighted by molar-refractivity contribution is 0.102. The highest BCUT2D eigenvalue weighted by atomic mass is 79.9. The molecule has 1 amide bonds. The standard InChI is InChI=1S/C16H11BrFN3O2S/c1-23-14-3-2-11(18)5-12(14)13-8-24-16(20-13)21-15(22)9-4-10(17)7-19-6-9/h2-8H,1H3,(H,20,21,22). The zero-order chi connectivity index (χ0) is 17.1. The summed E-state index contributed by atoms with van der Waals surface area (Å²) in [5, 5.41) is 4.83. The molecule has 2 aromatic heterocycles. The number of carbonyl (C=O) groups is 1. The monoisotopic (exact) mass is 407 g/mol. The van der Waals surface area contributed by atoms with Gasteiger partial charge in [-0.25, -0.2) is 9.37 Å². The molecule has 0 radical (unpaired) electrons. The van der Waals surface area contributed by atoms with E-state index >= 15 is 0 Å². The number of hydrogen-bond donors (Lipinski definition) is 1. The van der Waals surface area contributed by atoms with Crippen LogP contribution in [-0.4, -0.2) is 23.0 Å². The number of carbonyl (C=O) groups excluding carboxylic acids is 1. The molecule has 122 valence electrons. The maximum Gasteiger partial charge on any atom is 0.259 e. The van der Waals surface area contributed by atoms with Crippen LogP contribution in [-0.2, 0) is 0 Å². The highest BCUT2D eigenvalue weighted by molar-refractivity contribution is 9.10. The lowest BCUT2D eigenvalue weighted by Gasteiger charge is -2.06. The molecule has 0 spiro atoms. The van der Waals surface area contributed by atoms with E-state index in [1.807, 2.05) is 0 Å². The third-order valence-corrected chi connectivity index (χ3v) is 4.32. The lowest BCUT2D eigenvalue weighted by atomic mass is 10.1. The van der Waals surface area contributed by atoms with Crippen molar-refractivity contribution in [3.05, 3.63) is 57.9 Å². The zero-order valence-corrected chi connectivity index (χ0v) is 14.8. The molecule has 3 aromatic rings. The fourth-order valence-electron chi connectivity index (χ4n) is 2.04. The summed E-state index contributed by atoms with van der Waals surface area (Å²) in [4.78, 5) is 20.5. The second-order valence-electron chi connectivity index (χ2n) is 4.73. The van der Waals surface area contributed by atoms with Crippen LogP contribution in [0.15, 0.2) is 46.5 Å². The number of ether oxygens (including phenoxy) is 1. The van der Waals surface area contributed by atoms with Gasteiger partial charge in [0.2, 0.25) is 0 Å². The van der Waals surface area contributed by atoms with Gasteiger partial charge in [0.25, 0.3) is 5.91 Å². The molecule has 0 saturated heterocycles. The topological polar surface area (TPSA) is 64.1 Å². The van der Waals surface area contributed by atoms with Crippen molar-refractivity contribution in [1.82, 2.24) is 9.97 Å². The summed E-state index contributed by atoms with van der Waals surface area (Å²) in [5.74, 6) is -0.198. The molecule has 24 heavy (non-hydrogen) atoms. The molecule has 0 aliphatic heterocycles. The quantitative estimate of drug-likeness (QED) is 0.697. The predicted octanol–water partition coefficient (Wildman–Crippen LogP) is 4.37. The number of amides is 1. The lowest BCUT2D eigenvalue weighted by Crippen LogP contribution is -2.11. The van der Waals surface area contributed by atoms with Crippen LogP contribution in [0.25, 0.3) is 11.3 Å². The minimum absolute atomic E-state index is 0.323. The third kappa shape index (κ3) is 3.60. The molecule has 0 aliphatic rings. The summed E-state index contributed by atoms with van der Waals surface area (Å²) in [6.45, 7) is 0. The fraction of sp³-hybridized carbons (Fsp3) is 0.0625. The first-order chi connectivity index (χ1) is 11.6. The Hall–Kier alpha value is -2.32. The number of thiazole rings is 1.